The van der Waals surface area contributed by atoms with Gasteiger partial charge < -0.3 is 5.32 Å². The van der Waals surface area contributed by atoms with Crippen molar-refractivity contribution in [3.8, 4) is 0 Å². The lowest BCUT2D eigenvalue weighted by molar-refractivity contribution is -0.122. The van der Waals surface area contributed by atoms with Gasteiger partial charge in [-0.15, -0.1) is 11.6 Å². The van der Waals surface area contributed by atoms with Crippen LogP contribution < -0.4 is 5.32 Å². The van der Waals surface area contributed by atoms with E-state index in [1.807, 2.05) is 0 Å². The monoisotopic (exact) mass is 303 g/mol. The van der Waals surface area contributed by atoms with Crippen LogP contribution in [-0.2, 0) is 11.2 Å². The van der Waals surface area contributed by atoms with Crippen LogP contribution >= 0.6 is 23.2 Å². The number of amides is 1. The van der Waals surface area contributed by atoms with Gasteiger partial charge in [-0.25, -0.2) is 4.39 Å². The van der Waals surface area contributed by atoms with Crippen molar-refractivity contribution in [1.82, 2.24) is 5.32 Å². The first-order valence-electron chi connectivity index (χ1n) is 6.36. The van der Waals surface area contributed by atoms with Gasteiger partial charge in [0.25, 0.3) is 0 Å². The van der Waals surface area contributed by atoms with E-state index in [1.54, 1.807) is 6.07 Å². The Morgan fingerprint density at radius 3 is 2.63 bits per heavy atom. The zero-order valence-electron chi connectivity index (χ0n) is 10.5. The molecule has 1 aliphatic carbocycles. The molecule has 5 heteroatoms. The van der Waals surface area contributed by atoms with Crippen LogP contribution in [0, 0.1) is 5.82 Å². The zero-order valence-corrected chi connectivity index (χ0v) is 12.0. The van der Waals surface area contributed by atoms with Gasteiger partial charge in [-0.1, -0.05) is 30.5 Å². The zero-order chi connectivity index (χ0) is 13.9. The van der Waals surface area contributed by atoms with Crippen molar-refractivity contribution in [3.63, 3.8) is 0 Å². The van der Waals surface area contributed by atoms with E-state index in [0.717, 1.165) is 25.7 Å². The van der Waals surface area contributed by atoms with E-state index >= 15 is 0 Å². The normalized spacial score (nSPS) is 17.4. The van der Waals surface area contributed by atoms with Crippen LogP contribution in [0.5, 0.6) is 0 Å². The Morgan fingerprint density at radius 2 is 2.05 bits per heavy atom. The third-order valence-corrected chi connectivity index (χ3v) is 4.49. The predicted molar refractivity (Wildman–Crippen MR) is 75.2 cm³/mol. The smallest absolute Gasteiger partial charge is 0.225 e. The van der Waals surface area contributed by atoms with Crippen molar-refractivity contribution in [1.29, 1.82) is 0 Å². The van der Waals surface area contributed by atoms with Crippen LogP contribution in [0.25, 0.3) is 0 Å². The number of carbonyl (C=O) groups is 1. The highest BCUT2D eigenvalue weighted by Gasteiger charge is 2.34. The van der Waals surface area contributed by atoms with E-state index in [2.05, 4.69) is 5.32 Å². The summed E-state index contributed by atoms with van der Waals surface area (Å²) in [6.45, 7) is 0. The summed E-state index contributed by atoms with van der Waals surface area (Å²) in [5.41, 5.74) is -0.0829. The van der Waals surface area contributed by atoms with Gasteiger partial charge in [0.2, 0.25) is 5.91 Å². The predicted octanol–water partition coefficient (Wildman–Crippen LogP) is 3.69. The molecule has 19 heavy (non-hydrogen) atoms. The molecule has 1 saturated carbocycles. The second-order valence-corrected chi connectivity index (χ2v) is 5.72. The average molecular weight is 304 g/mol. The number of nitrogens with one attached hydrogen (secondary N) is 1. The first-order chi connectivity index (χ1) is 9.06. The highest BCUT2D eigenvalue weighted by atomic mass is 35.5. The summed E-state index contributed by atoms with van der Waals surface area (Å²) < 4.78 is 13.6. The molecule has 1 fully saturated rings. The fraction of sp³-hybridized carbons (Fsp3) is 0.500. The van der Waals surface area contributed by atoms with Crippen LogP contribution in [0.15, 0.2) is 18.2 Å². The van der Waals surface area contributed by atoms with Crippen molar-refractivity contribution in [3.05, 3.63) is 34.6 Å². The molecule has 0 radical (unpaired) electrons. The molecular weight excluding hydrogens is 288 g/mol. The van der Waals surface area contributed by atoms with Gasteiger partial charge in [0.15, 0.2) is 0 Å². The van der Waals surface area contributed by atoms with E-state index in [4.69, 9.17) is 23.2 Å². The third kappa shape index (κ3) is 3.40. The van der Waals surface area contributed by atoms with E-state index < -0.39 is 5.82 Å². The molecular formula is C14H16Cl2FNO. The molecule has 0 bridgehead atoms. The van der Waals surface area contributed by atoms with Crippen molar-refractivity contribution in [2.75, 3.05) is 5.88 Å². The lowest BCUT2D eigenvalue weighted by atomic mass is 9.99. The van der Waals surface area contributed by atoms with Gasteiger partial charge >= 0.3 is 0 Å². The SMILES string of the molecule is O=C(Cc1c(F)cccc1Cl)NC1(CCl)CCCC1. The minimum atomic E-state index is -0.450. The molecule has 0 heterocycles. The largest absolute Gasteiger partial charge is 0.349 e. The van der Waals surface area contributed by atoms with E-state index in [1.165, 1.54) is 12.1 Å². The summed E-state index contributed by atoms with van der Waals surface area (Å²) in [5, 5.41) is 3.23. The summed E-state index contributed by atoms with van der Waals surface area (Å²) in [7, 11) is 0. The Bertz CT molecular complexity index is 452. The van der Waals surface area contributed by atoms with Gasteiger partial charge in [0.05, 0.1) is 12.0 Å². The van der Waals surface area contributed by atoms with E-state index in [-0.39, 0.29) is 28.5 Å². The molecule has 2 rings (SSSR count). The van der Waals surface area contributed by atoms with Gasteiger partial charge in [-0.05, 0) is 25.0 Å². The number of hydrogen-bond acceptors (Lipinski definition) is 1. The average Bonchev–Trinajstić information content (AvgIpc) is 2.83. The summed E-state index contributed by atoms with van der Waals surface area (Å²) in [6, 6.07) is 4.41. The van der Waals surface area contributed by atoms with Crippen molar-refractivity contribution in [2.45, 2.75) is 37.6 Å². The Labute approximate surface area is 122 Å². The van der Waals surface area contributed by atoms with Crippen LogP contribution in [0.2, 0.25) is 5.02 Å². The molecule has 1 N–H and O–H groups in total. The molecule has 104 valence electrons. The molecule has 0 unspecified atom stereocenters. The van der Waals surface area contributed by atoms with Crippen molar-refractivity contribution < 1.29 is 9.18 Å². The maximum atomic E-state index is 13.6. The molecule has 1 amide bonds. The van der Waals surface area contributed by atoms with Gasteiger partial charge in [-0.3, -0.25) is 4.79 Å². The number of alkyl halides is 1. The number of hydrogen-bond donors (Lipinski definition) is 1. The first-order valence-corrected chi connectivity index (χ1v) is 7.27. The number of benzene rings is 1. The molecule has 1 aromatic carbocycles. The lowest BCUT2D eigenvalue weighted by Crippen LogP contribution is -2.48. The molecule has 2 nitrogen and oxygen atoms in total. The van der Waals surface area contributed by atoms with Crippen LogP contribution in [0.4, 0.5) is 4.39 Å². The maximum Gasteiger partial charge on any atom is 0.225 e. The second kappa shape index (κ2) is 6.10. The summed E-state index contributed by atoms with van der Waals surface area (Å²) >= 11 is 11.9. The molecule has 0 saturated heterocycles. The Balaban J connectivity index is 2.05. The van der Waals surface area contributed by atoms with Gasteiger partial charge in [0.1, 0.15) is 5.82 Å². The number of rotatable bonds is 4. The maximum absolute atomic E-state index is 13.6. The Kier molecular flexibility index (Phi) is 4.69. The molecule has 0 atom stereocenters. The first kappa shape index (κ1) is 14.6. The van der Waals surface area contributed by atoms with Crippen LogP contribution in [-0.4, -0.2) is 17.3 Å². The lowest BCUT2D eigenvalue weighted by Gasteiger charge is -2.28. The molecule has 0 aromatic heterocycles. The summed E-state index contributed by atoms with van der Waals surface area (Å²) in [5.74, 6) is -0.285. The summed E-state index contributed by atoms with van der Waals surface area (Å²) in [4.78, 5) is 12.0. The Hall–Kier alpha value is -0.800. The fourth-order valence-electron chi connectivity index (χ4n) is 2.55. The van der Waals surface area contributed by atoms with Crippen LogP contribution in [0.1, 0.15) is 31.2 Å². The highest BCUT2D eigenvalue weighted by Crippen LogP contribution is 2.31. The van der Waals surface area contributed by atoms with Crippen molar-refractivity contribution in [2.24, 2.45) is 0 Å². The van der Waals surface area contributed by atoms with Crippen molar-refractivity contribution >= 4 is 29.1 Å². The minimum absolute atomic E-state index is 0.0514. The minimum Gasteiger partial charge on any atom is -0.349 e. The van der Waals surface area contributed by atoms with E-state index in [0.29, 0.717) is 5.88 Å². The summed E-state index contributed by atoms with van der Waals surface area (Å²) in [6.07, 6.45) is 3.84. The highest BCUT2D eigenvalue weighted by molar-refractivity contribution is 6.31. The van der Waals surface area contributed by atoms with Crippen LogP contribution in [0.3, 0.4) is 0 Å². The quantitative estimate of drug-likeness (QED) is 0.845. The standard InChI is InChI=1S/C14H16Cl2FNO/c15-9-14(6-1-2-7-14)18-13(19)8-10-11(16)4-3-5-12(10)17/h3-5H,1-2,6-9H2,(H,18,19). The van der Waals surface area contributed by atoms with Gasteiger partial charge in [-0.2, -0.15) is 0 Å². The Morgan fingerprint density at radius 1 is 1.37 bits per heavy atom. The third-order valence-electron chi connectivity index (χ3n) is 3.62. The second-order valence-electron chi connectivity index (χ2n) is 5.05. The topological polar surface area (TPSA) is 29.1 Å². The number of carbonyl (C=O) groups excluding carboxylic acids is 1. The fourth-order valence-corrected chi connectivity index (χ4v) is 3.11. The van der Waals surface area contributed by atoms with E-state index in [9.17, 15) is 9.18 Å². The van der Waals surface area contributed by atoms with Gasteiger partial charge in [0, 0.05) is 16.5 Å². The molecule has 0 spiro atoms. The molecule has 1 aliphatic rings. The molecule has 1 aromatic rings. The number of halogens is 3. The molecule has 0 aliphatic heterocycles.